The fraction of sp³-hybridized carbons (Fsp3) is 0.300. The quantitative estimate of drug-likeness (QED) is 0.677. The monoisotopic (exact) mass is 393 g/mol. The van der Waals surface area contributed by atoms with Gasteiger partial charge in [-0.3, -0.25) is 9.69 Å². The summed E-state index contributed by atoms with van der Waals surface area (Å²) in [6.07, 6.45) is 1.51. The van der Waals surface area contributed by atoms with Gasteiger partial charge in [-0.2, -0.15) is 15.0 Å². The number of benzene rings is 1. The molecule has 1 fully saturated rings. The maximum atomic E-state index is 12.4. The average molecular weight is 393 g/mol. The fourth-order valence-electron chi connectivity index (χ4n) is 3.26. The zero-order valence-corrected chi connectivity index (χ0v) is 16.2. The largest absolute Gasteiger partial charge is 0.459 e. The molecule has 0 atom stereocenters. The molecule has 1 amide bonds. The Morgan fingerprint density at radius 1 is 1.10 bits per heavy atom. The molecule has 2 aromatic heterocycles. The van der Waals surface area contributed by atoms with Crippen LogP contribution < -0.4 is 11.1 Å². The van der Waals surface area contributed by atoms with Gasteiger partial charge in [0, 0.05) is 31.9 Å². The minimum Gasteiger partial charge on any atom is -0.459 e. The van der Waals surface area contributed by atoms with Gasteiger partial charge in [0.05, 0.1) is 12.8 Å². The third-order valence-electron chi connectivity index (χ3n) is 4.85. The van der Waals surface area contributed by atoms with E-state index in [4.69, 9.17) is 10.2 Å². The van der Waals surface area contributed by atoms with Crippen molar-refractivity contribution in [2.24, 2.45) is 0 Å². The lowest BCUT2D eigenvalue weighted by atomic mass is 10.2. The lowest BCUT2D eigenvalue weighted by Gasteiger charge is -2.33. The van der Waals surface area contributed by atoms with Gasteiger partial charge in [0.1, 0.15) is 5.82 Å². The maximum absolute atomic E-state index is 12.4. The Bertz CT molecular complexity index is 982. The molecule has 3 aromatic rings. The number of aryl methyl sites for hydroxylation is 1. The van der Waals surface area contributed by atoms with Crippen molar-refractivity contribution in [2.75, 3.05) is 37.2 Å². The number of para-hydroxylation sites is 1. The number of furan rings is 1. The van der Waals surface area contributed by atoms with E-state index in [1.54, 1.807) is 17.0 Å². The lowest BCUT2D eigenvalue weighted by Crippen LogP contribution is -2.48. The number of nitrogens with two attached hydrogens (primary N) is 1. The van der Waals surface area contributed by atoms with Crippen molar-refractivity contribution in [1.82, 2.24) is 24.8 Å². The van der Waals surface area contributed by atoms with E-state index in [2.05, 4.69) is 25.2 Å². The van der Waals surface area contributed by atoms with E-state index < -0.39 is 0 Å². The van der Waals surface area contributed by atoms with E-state index in [-0.39, 0.29) is 11.9 Å². The van der Waals surface area contributed by atoms with E-state index in [1.165, 1.54) is 6.26 Å². The van der Waals surface area contributed by atoms with Crippen LogP contribution in [0.15, 0.2) is 47.1 Å². The highest BCUT2D eigenvalue weighted by Crippen LogP contribution is 2.18. The van der Waals surface area contributed by atoms with Crippen LogP contribution in [0.3, 0.4) is 0 Å². The molecule has 4 rings (SSSR count). The molecule has 150 valence electrons. The van der Waals surface area contributed by atoms with Gasteiger partial charge >= 0.3 is 0 Å². The van der Waals surface area contributed by atoms with Gasteiger partial charge in [0.15, 0.2) is 5.76 Å². The van der Waals surface area contributed by atoms with Gasteiger partial charge in [-0.05, 0) is 30.7 Å². The smallest absolute Gasteiger partial charge is 0.289 e. The summed E-state index contributed by atoms with van der Waals surface area (Å²) in [6, 6.07) is 11.3. The fourth-order valence-corrected chi connectivity index (χ4v) is 3.26. The third-order valence-corrected chi connectivity index (χ3v) is 4.85. The first-order chi connectivity index (χ1) is 14.1. The summed E-state index contributed by atoms with van der Waals surface area (Å²) in [5, 5.41) is 3.20. The first-order valence-corrected chi connectivity index (χ1v) is 9.47. The number of carbonyl (C=O) groups excluding carboxylic acids is 1. The Labute approximate surface area is 168 Å². The Morgan fingerprint density at radius 2 is 1.90 bits per heavy atom. The summed E-state index contributed by atoms with van der Waals surface area (Å²) in [5.41, 5.74) is 7.90. The Morgan fingerprint density at radius 3 is 2.62 bits per heavy atom. The van der Waals surface area contributed by atoms with Crippen LogP contribution >= 0.6 is 0 Å². The molecule has 0 saturated carbocycles. The standard InChI is InChI=1S/C20H23N7O2/c1-14-5-2-3-6-15(14)22-20-24-17(23-19(21)25-20)13-26-8-10-27(11-9-26)18(28)16-7-4-12-29-16/h2-7,12H,8-11,13H2,1H3,(H3,21,22,23,24,25). The molecule has 9 heteroatoms. The average Bonchev–Trinajstić information content (AvgIpc) is 3.24. The Hall–Kier alpha value is -3.46. The number of anilines is 3. The van der Waals surface area contributed by atoms with Gasteiger partial charge in [-0.1, -0.05) is 18.2 Å². The van der Waals surface area contributed by atoms with E-state index in [0.29, 0.717) is 37.2 Å². The van der Waals surface area contributed by atoms with Crippen molar-refractivity contribution in [2.45, 2.75) is 13.5 Å². The van der Waals surface area contributed by atoms with Crippen LogP contribution in [0.1, 0.15) is 21.9 Å². The van der Waals surface area contributed by atoms with Gasteiger partial charge in [-0.25, -0.2) is 0 Å². The van der Waals surface area contributed by atoms with Crippen molar-refractivity contribution in [3.05, 3.63) is 59.8 Å². The van der Waals surface area contributed by atoms with E-state index >= 15 is 0 Å². The predicted octanol–water partition coefficient (Wildman–Crippen LogP) is 2.06. The first kappa shape index (κ1) is 18.9. The van der Waals surface area contributed by atoms with Crippen LogP contribution in [0.5, 0.6) is 0 Å². The predicted molar refractivity (Wildman–Crippen MR) is 109 cm³/mol. The van der Waals surface area contributed by atoms with Gasteiger partial charge in [-0.15, -0.1) is 0 Å². The molecule has 3 heterocycles. The highest BCUT2D eigenvalue weighted by Gasteiger charge is 2.24. The minimum atomic E-state index is -0.0798. The molecule has 1 aromatic carbocycles. The molecule has 0 aliphatic carbocycles. The summed E-state index contributed by atoms with van der Waals surface area (Å²) in [6.45, 7) is 5.23. The molecule has 1 aliphatic heterocycles. The number of nitrogens with one attached hydrogen (secondary N) is 1. The van der Waals surface area contributed by atoms with E-state index in [1.807, 2.05) is 31.2 Å². The van der Waals surface area contributed by atoms with Crippen LogP contribution in [0.25, 0.3) is 0 Å². The number of nitrogens with zero attached hydrogens (tertiary/aromatic N) is 5. The molecule has 9 nitrogen and oxygen atoms in total. The number of aromatic nitrogens is 3. The van der Waals surface area contributed by atoms with Crippen LogP contribution in [-0.2, 0) is 6.54 Å². The number of nitrogen functional groups attached to an aromatic ring is 1. The second kappa shape index (κ2) is 8.27. The molecule has 29 heavy (non-hydrogen) atoms. The summed E-state index contributed by atoms with van der Waals surface area (Å²) >= 11 is 0. The molecule has 3 N–H and O–H groups in total. The number of carbonyl (C=O) groups is 1. The number of amides is 1. The van der Waals surface area contributed by atoms with Crippen molar-refractivity contribution in [3.63, 3.8) is 0 Å². The summed E-state index contributed by atoms with van der Waals surface area (Å²) in [5.74, 6) is 1.49. The number of hydrogen-bond acceptors (Lipinski definition) is 8. The summed E-state index contributed by atoms with van der Waals surface area (Å²) in [7, 11) is 0. The van der Waals surface area contributed by atoms with Crippen molar-refractivity contribution in [1.29, 1.82) is 0 Å². The van der Waals surface area contributed by atoms with Crippen molar-refractivity contribution >= 4 is 23.5 Å². The van der Waals surface area contributed by atoms with Gasteiger partial charge in [0.25, 0.3) is 5.91 Å². The van der Waals surface area contributed by atoms with E-state index in [9.17, 15) is 4.79 Å². The number of hydrogen-bond donors (Lipinski definition) is 2. The lowest BCUT2D eigenvalue weighted by molar-refractivity contribution is 0.0595. The Balaban J connectivity index is 1.38. The second-order valence-corrected chi connectivity index (χ2v) is 6.92. The van der Waals surface area contributed by atoms with Gasteiger partial charge < -0.3 is 20.4 Å². The SMILES string of the molecule is Cc1ccccc1Nc1nc(N)nc(CN2CCN(C(=O)c3ccco3)CC2)n1. The van der Waals surface area contributed by atoms with Crippen LogP contribution in [0.4, 0.5) is 17.6 Å². The van der Waals surface area contributed by atoms with Crippen molar-refractivity contribution in [3.8, 4) is 0 Å². The summed E-state index contributed by atoms with van der Waals surface area (Å²) < 4.78 is 5.20. The van der Waals surface area contributed by atoms with Crippen LogP contribution in [0.2, 0.25) is 0 Å². The van der Waals surface area contributed by atoms with E-state index in [0.717, 1.165) is 24.3 Å². The number of piperazine rings is 1. The molecular weight excluding hydrogens is 370 g/mol. The molecular formula is C20H23N7O2. The van der Waals surface area contributed by atoms with Gasteiger partial charge in [0.2, 0.25) is 11.9 Å². The second-order valence-electron chi connectivity index (χ2n) is 6.92. The first-order valence-electron chi connectivity index (χ1n) is 9.47. The molecule has 0 unspecified atom stereocenters. The molecule has 0 bridgehead atoms. The highest BCUT2D eigenvalue weighted by molar-refractivity contribution is 5.91. The highest BCUT2D eigenvalue weighted by atomic mass is 16.3. The Kier molecular flexibility index (Phi) is 5.39. The van der Waals surface area contributed by atoms with Crippen LogP contribution in [-0.4, -0.2) is 56.8 Å². The maximum Gasteiger partial charge on any atom is 0.289 e. The minimum absolute atomic E-state index is 0.0798. The topological polar surface area (TPSA) is 113 Å². The molecule has 1 saturated heterocycles. The third kappa shape index (κ3) is 4.52. The number of rotatable bonds is 5. The zero-order valence-electron chi connectivity index (χ0n) is 16.2. The van der Waals surface area contributed by atoms with Crippen LogP contribution in [0, 0.1) is 6.92 Å². The molecule has 0 radical (unpaired) electrons. The molecule has 1 aliphatic rings. The summed E-state index contributed by atoms with van der Waals surface area (Å²) in [4.78, 5) is 29.3. The van der Waals surface area contributed by atoms with Crippen molar-refractivity contribution < 1.29 is 9.21 Å². The molecule has 0 spiro atoms. The normalized spacial score (nSPS) is 14.7. The zero-order chi connectivity index (χ0) is 20.2.